The number of rotatable bonds is 5. The third kappa shape index (κ3) is 4.19. The summed E-state index contributed by atoms with van der Waals surface area (Å²) >= 11 is 0. The molecule has 2 saturated heterocycles. The van der Waals surface area contributed by atoms with Gasteiger partial charge in [0.15, 0.2) is 0 Å². The van der Waals surface area contributed by atoms with Crippen LogP contribution in [0.4, 0.5) is 0 Å². The predicted molar refractivity (Wildman–Crippen MR) is 82.7 cm³/mol. The maximum atomic E-state index is 12.3. The van der Waals surface area contributed by atoms with E-state index in [0.717, 1.165) is 57.8 Å². The average molecular weight is 281 g/mol. The molecule has 2 fully saturated rings. The third-order valence-electron chi connectivity index (χ3n) is 5.10. The summed E-state index contributed by atoms with van der Waals surface area (Å²) in [5.74, 6) is 1.06. The highest BCUT2D eigenvalue weighted by molar-refractivity contribution is 5.76. The van der Waals surface area contributed by atoms with Gasteiger partial charge in [0.1, 0.15) is 0 Å². The van der Waals surface area contributed by atoms with E-state index < -0.39 is 0 Å². The molecule has 116 valence electrons. The smallest absolute Gasteiger partial charge is 0.222 e. The van der Waals surface area contributed by atoms with Crippen molar-refractivity contribution in [3.8, 4) is 0 Å². The van der Waals surface area contributed by atoms with Crippen LogP contribution in [-0.2, 0) is 4.79 Å². The summed E-state index contributed by atoms with van der Waals surface area (Å²) in [5, 5.41) is 3.37. The molecular weight excluding hydrogens is 250 g/mol. The highest BCUT2D eigenvalue weighted by Crippen LogP contribution is 2.20. The molecule has 2 heterocycles. The van der Waals surface area contributed by atoms with Crippen LogP contribution in [-0.4, -0.2) is 61.0 Å². The maximum Gasteiger partial charge on any atom is 0.222 e. The summed E-state index contributed by atoms with van der Waals surface area (Å²) in [6.07, 6.45) is 5.29. The highest BCUT2D eigenvalue weighted by Gasteiger charge is 2.26. The molecule has 0 radical (unpaired) electrons. The standard InChI is InChI=1S/C16H31N3O/c1-13(2)19-10-7-15(8-11-19)18(3)16(20)5-4-14-6-9-17-12-14/h13-15,17H,4-12H2,1-3H3. The quantitative estimate of drug-likeness (QED) is 0.833. The molecule has 4 heteroatoms. The normalized spacial score (nSPS) is 25.3. The summed E-state index contributed by atoms with van der Waals surface area (Å²) in [5.41, 5.74) is 0. The van der Waals surface area contributed by atoms with Gasteiger partial charge in [0, 0.05) is 38.6 Å². The van der Waals surface area contributed by atoms with E-state index in [9.17, 15) is 4.79 Å². The third-order valence-corrected chi connectivity index (χ3v) is 5.10. The fourth-order valence-corrected chi connectivity index (χ4v) is 3.46. The number of piperidine rings is 1. The van der Waals surface area contributed by atoms with Crippen molar-refractivity contribution in [2.45, 2.75) is 58.0 Å². The fraction of sp³-hybridized carbons (Fsp3) is 0.938. The number of amides is 1. The number of carbonyl (C=O) groups excluding carboxylic acids is 1. The van der Waals surface area contributed by atoms with E-state index in [-0.39, 0.29) is 0 Å². The van der Waals surface area contributed by atoms with E-state index in [2.05, 4.69) is 24.1 Å². The zero-order valence-corrected chi connectivity index (χ0v) is 13.4. The molecule has 0 bridgehead atoms. The lowest BCUT2D eigenvalue weighted by Crippen LogP contribution is -2.47. The number of hydrogen-bond donors (Lipinski definition) is 1. The minimum absolute atomic E-state index is 0.347. The van der Waals surface area contributed by atoms with E-state index in [0.29, 0.717) is 18.0 Å². The first-order valence-electron chi connectivity index (χ1n) is 8.28. The Morgan fingerprint density at radius 1 is 1.30 bits per heavy atom. The monoisotopic (exact) mass is 281 g/mol. The summed E-state index contributed by atoms with van der Waals surface area (Å²) in [4.78, 5) is 16.8. The van der Waals surface area contributed by atoms with Crippen molar-refractivity contribution < 1.29 is 4.79 Å². The van der Waals surface area contributed by atoms with Gasteiger partial charge in [-0.05, 0) is 58.5 Å². The lowest BCUT2D eigenvalue weighted by Gasteiger charge is -2.38. The van der Waals surface area contributed by atoms with Crippen molar-refractivity contribution >= 4 is 5.91 Å². The second-order valence-electron chi connectivity index (χ2n) is 6.76. The number of nitrogens with one attached hydrogen (secondary N) is 1. The van der Waals surface area contributed by atoms with Gasteiger partial charge in [-0.1, -0.05) is 0 Å². The van der Waals surface area contributed by atoms with Gasteiger partial charge in [-0.25, -0.2) is 0 Å². The fourth-order valence-electron chi connectivity index (χ4n) is 3.46. The molecular formula is C16H31N3O. The van der Waals surface area contributed by atoms with Crippen molar-refractivity contribution in [3.05, 3.63) is 0 Å². The Kier molecular flexibility index (Phi) is 5.85. The second kappa shape index (κ2) is 7.41. The summed E-state index contributed by atoms with van der Waals surface area (Å²) in [6.45, 7) is 9.00. The zero-order valence-electron chi connectivity index (χ0n) is 13.4. The van der Waals surface area contributed by atoms with Crippen LogP contribution in [0.1, 0.15) is 46.0 Å². The Hall–Kier alpha value is -0.610. The molecule has 1 amide bonds. The highest BCUT2D eigenvalue weighted by atomic mass is 16.2. The van der Waals surface area contributed by atoms with Gasteiger partial charge in [0.05, 0.1) is 0 Å². The van der Waals surface area contributed by atoms with Gasteiger partial charge >= 0.3 is 0 Å². The molecule has 0 aliphatic carbocycles. The first-order chi connectivity index (χ1) is 9.58. The molecule has 0 spiro atoms. The largest absolute Gasteiger partial charge is 0.343 e. The van der Waals surface area contributed by atoms with Crippen LogP contribution in [0, 0.1) is 5.92 Å². The Balaban J connectivity index is 1.70. The summed E-state index contributed by atoms with van der Waals surface area (Å²) in [7, 11) is 2.00. The van der Waals surface area contributed by atoms with Gasteiger partial charge in [-0.3, -0.25) is 4.79 Å². The molecule has 20 heavy (non-hydrogen) atoms. The lowest BCUT2D eigenvalue weighted by molar-refractivity contribution is -0.133. The predicted octanol–water partition coefficient (Wildman–Crippen LogP) is 1.71. The van der Waals surface area contributed by atoms with Crippen molar-refractivity contribution in [1.29, 1.82) is 0 Å². The molecule has 4 nitrogen and oxygen atoms in total. The number of hydrogen-bond acceptors (Lipinski definition) is 3. The molecule has 0 aromatic carbocycles. The number of likely N-dealkylation sites (tertiary alicyclic amines) is 1. The Labute approximate surface area is 123 Å². The van der Waals surface area contributed by atoms with Gasteiger partial charge < -0.3 is 15.1 Å². The molecule has 1 N–H and O–H groups in total. The van der Waals surface area contributed by atoms with E-state index >= 15 is 0 Å². The molecule has 2 aliphatic rings. The van der Waals surface area contributed by atoms with Crippen LogP contribution < -0.4 is 5.32 Å². The first kappa shape index (κ1) is 15.8. The van der Waals surface area contributed by atoms with Crippen LogP contribution in [0.25, 0.3) is 0 Å². The van der Waals surface area contributed by atoms with Gasteiger partial charge in [-0.15, -0.1) is 0 Å². The van der Waals surface area contributed by atoms with E-state index in [1.165, 1.54) is 6.42 Å². The number of carbonyl (C=O) groups is 1. The molecule has 1 unspecified atom stereocenters. The SMILES string of the molecule is CC(C)N1CCC(N(C)C(=O)CCC2CCNC2)CC1. The lowest BCUT2D eigenvalue weighted by atomic mass is 9.99. The van der Waals surface area contributed by atoms with Crippen molar-refractivity contribution in [2.75, 3.05) is 33.2 Å². The minimum Gasteiger partial charge on any atom is -0.343 e. The Morgan fingerprint density at radius 2 is 2.00 bits per heavy atom. The van der Waals surface area contributed by atoms with Crippen LogP contribution in [0.5, 0.6) is 0 Å². The van der Waals surface area contributed by atoms with E-state index in [4.69, 9.17) is 0 Å². The summed E-state index contributed by atoms with van der Waals surface area (Å²) < 4.78 is 0. The molecule has 1 atom stereocenters. The Bertz CT molecular complexity index is 305. The van der Waals surface area contributed by atoms with Crippen LogP contribution in [0.2, 0.25) is 0 Å². The molecule has 0 saturated carbocycles. The van der Waals surface area contributed by atoms with Crippen LogP contribution in [0.3, 0.4) is 0 Å². The van der Waals surface area contributed by atoms with Crippen LogP contribution in [0.15, 0.2) is 0 Å². The van der Waals surface area contributed by atoms with Gasteiger partial charge in [0.25, 0.3) is 0 Å². The Morgan fingerprint density at radius 3 is 2.55 bits per heavy atom. The van der Waals surface area contributed by atoms with Crippen molar-refractivity contribution in [3.63, 3.8) is 0 Å². The van der Waals surface area contributed by atoms with Gasteiger partial charge in [0.2, 0.25) is 5.91 Å². The average Bonchev–Trinajstić information content (AvgIpc) is 2.97. The molecule has 2 aliphatic heterocycles. The topological polar surface area (TPSA) is 35.6 Å². The molecule has 0 aromatic heterocycles. The van der Waals surface area contributed by atoms with Crippen molar-refractivity contribution in [2.24, 2.45) is 5.92 Å². The van der Waals surface area contributed by atoms with Crippen molar-refractivity contribution in [1.82, 2.24) is 15.1 Å². The minimum atomic E-state index is 0.347. The first-order valence-corrected chi connectivity index (χ1v) is 8.28. The molecule has 2 rings (SSSR count). The van der Waals surface area contributed by atoms with Gasteiger partial charge in [-0.2, -0.15) is 0 Å². The summed E-state index contributed by atoms with van der Waals surface area (Å²) in [6, 6.07) is 1.09. The molecule has 0 aromatic rings. The zero-order chi connectivity index (χ0) is 14.5. The van der Waals surface area contributed by atoms with E-state index in [1.54, 1.807) is 0 Å². The number of nitrogens with zero attached hydrogens (tertiary/aromatic N) is 2. The van der Waals surface area contributed by atoms with E-state index in [1.807, 2.05) is 11.9 Å². The second-order valence-corrected chi connectivity index (χ2v) is 6.76. The maximum absolute atomic E-state index is 12.3. The van der Waals surface area contributed by atoms with Crippen LogP contribution >= 0.6 is 0 Å².